The molecule has 0 radical (unpaired) electrons. The van der Waals surface area contributed by atoms with Gasteiger partial charge >= 0.3 is 5.97 Å². The summed E-state index contributed by atoms with van der Waals surface area (Å²) < 4.78 is 5.00. The predicted octanol–water partition coefficient (Wildman–Crippen LogP) is 2.57. The van der Waals surface area contributed by atoms with Crippen LogP contribution in [0.3, 0.4) is 0 Å². The summed E-state index contributed by atoms with van der Waals surface area (Å²) in [6.45, 7) is 6.06. The molecule has 0 aromatic carbocycles. The van der Waals surface area contributed by atoms with Gasteiger partial charge in [-0.3, -0.25) is 0 Å². The van der Waals surface area contributed by atoms with Gasteiger partial charge in [0.25, 0.3) is 0 Å². The molecule has 0 spiro atoms. The topological polar surface area (TPSA) is 65.0 Å². The molecule has 2 rings (SSSR count). The van der Waals surface area contributed by atoms with Crippen molar-refractivity contribution < 1.29 is 9.53 Å². The van der Waals surface area contributed by atoms with Crippen LogP contribution in [-0.4, -0.2) is 27.5 Å². The van der Waals surface area contributed by atoms with Crippen molar-refractivity contribution in [2.24, 2.45) is 0 Å². The molecule has 2 heterocycles. The number of hydrogen-bond donors (Lipinski definition) is 0. The Bertz CT molecular complexity index is 610. The summed E-state index contributed by atoms with van der Waals surface area (Å²) in [5, 5.41) is 3.03. The van der Waals surface area contributed by atoms with E-state index in [1.54, 1.807) is 24.5 Å². The molecule has 0 amide bonds. The van der Waals surface area contributed by atoms with E-state index in [2.05, 4.69) is 15.0 Å². The van der Waals surface area contributed by atoms with E-state index in [0.29, 0.717) is 30.8 Å². The molecule has 0 aliphatic heterocycles. The molecule has 0 fully saturated rings. The van der Waals surface area contributed by atoms with Gasteiger partial charge in [-0.1, -0.05) is 6.92 Å². The zero-order chi connectivity index (χ0) is 14.5. The lowest BCUT2D eigenvalue weighted by atomic mass is 10.2. The van der Waals surface area contributed by atoms with Gasteiger partial charge in [-0.05, 0) is 20.3 Å². The van der Waals surface area contributed by atoms with Crippen LogP contribution in [0.5, 0.6) is 0 Å². The van der Waals surface area contributed by atoms with Crippen molar-refractivity contribution in [1.82, 2.24) is 15.0 Å². The van der Waals surface area contributed by atoms with Crippen LogP contribution in [-0.2, 0) is 17.6 Å². The second kappa shape index (κ2) is 6.56. The van der Waals surface area contributed by atoms with Crippen LogP contribution in [0, 0.1) is 6.92 Å². The standard InChI is InChI=1S/C14H17N3O2S/c1-4-12-11(14(18)19-5-2)7-15-13(17-12)6-10-8-20-9(3)16-10/h7-8H,4-6H2,1-3H3. The quantitative estimate of drug-likeness (QED) is 0.792. The molecule has 0 aliphatic carbocycles. The second-order valence-corrected chi connectivity index (χ2v) is 5.32. The molecule has 0 atom stereocenters. The summed E-state index contributed by atoms with van der Waals surface area (Å²) >= 11 is 1.61. The zero-order valence-electron chi connectivity index (χ0n) is 11.8. The average molecular weight is 291 g/mol. The molecule has 0 unspecified atom stereocenters. The van der Waals surface area contributed by atoms with Gasteiger partial charge in [-0.15, -0.1) is 11.3 Å². The Morgan fingerprint density at radius 1 is 1.35 bits per heavy atom. The molecule has 2 aromatic rings. The van der Waals surface area contributed by atoms with Crippen molar-refractivity contribution in [3.05, 3.63) is 39.4 Å². The van der Waals surface area contributed by atoms with Gasteiger partial charge in [0.05, 0.1) is 35.0 Å². The van der Waals surface area contributed by atoms with Gasteiger partial charge in [0.1, 0.15) is 5.82 Å². The van der Waals surface area contributed by atoms with Gasteiger partial charge in [0, 0.05) is 11.6 Å². The molecule has 0 saturated carbocycles. The number of rotatable bonds is 5. The Balaban J connectivity index is 2.22. The van der Waals surface area contributed by atoms with Crippen LogP contribution in [0.2, 0.25) is 0 Å². The molecule has 20 heavy (non-hydrogen) atoms. The minimum Gasteiger partial charge on any atom is -0.462 e. The minimum atomic E-state index is -0.361. The molecular weight excluding hydrogens is 274 g/mol. The van der Waals surface area contributed by atoms with Crippen LogP contribution in [0.4, 0.5) is 0 Å². The van der Waals surface area contributed by atoms with E-state index in [1.165, 1.54) is 0 Å². The van der Waals surface area contributed by atoms with Crippen molar-refractivity contribution in [1.29, 1.82) is 0 Å². The fourth-order valence-corrected chi connectivity index (χ4v) is 2.46. The number of nitrogens with zero attached hydrogens (tertiary/aromatic N) is 3. The molecule has 0 aliphatic rings. The van der Waals surface area contributed by atoms with Crippen molar-refractivity contribution in [2.45, 2.75) is 33.6 Å². The first-order valence-electron chi connectivity index (χ1n) is 6.57. The van der Waals surface area contributed by atoms with Crippen molar-refractivity contribution in [2.75, 3.05) is 6.61 Å². The number of thiazole rings is 1. The Morgan fingerprint density at radius 3 is 2.75 bits per heavy atom. The average Bonchev–Trinajstić information content (AvgIpc) is 2.84. The van der Waals surface area contributed by atoms with Crippen LogP contribution in [0.15, 0.2) is 11.6 Å². The van der Waals surface area contributed by atoms with Gasteiger partial charge in [0.15, 0.2) is 0 Å². The normalized spacial score (nSPS) is 10.6. The van der Waals surface area contributed by atoms with Gasteiger partial charge < -0.3 is 4.74 Å². The molecule has 5 nitrogen and oxygen atoms in total. The highest BCUT2D eigenvalue weighted by atomic mass is 32.1. The maximum Gasteiger partial charge on any atom is 0.341 e. The lowest BCUT2D eigenvalue weighted by Crippen LogP contribution is -2.12. The van der Waals surface area contributed by atoms with Crippen molar-refractivity contribution in [3.63, 3.8) is 0 Å². The molecule has 0 saturated heterocycles. The first-order chi connectivity index (χ1) is 9.63. The van der Waals surface area contributed by atoms with E-state index < -0.39 is 0 Å². The van der Waals surface area contributed by atoms with E-state index in [0.717, 1.165) is 16.4 Å². The Morgan fingerprint density at radius 2 is 2.15 bits per heavy atom. The number of esters is 1. The predicted molar refractivity (Wildman–Crippen MR) is 77.0 cm³/mol. The van der Waals surface area contributed by atoms with Crippen LogP contribution in [0.1, 0.15) is 46.4 Å². The van der Waals surface area contributed by atoms with Gasteiger partial charge in [-0.25, -0.2) is 19.7 Å². The fraction of sp³-hybridized carbons (Fsp3) is 0.429. The second-order valence-electron chi connectivity index (χ2n) is 4.26. The van der Waals surface area contributed by atoms with Gasteiger partial charge in [0.2, 0.25) is 0 Å². The summed E-state index contributed by atoms with van der Waals surface area (Å²) in [4.78, 5) is 24.9. The number of aromatic nitrogens is 3. The lowest BCUT2D eigenvalue weighted by Gasteiger charge is -2.07. The molecule has 2 aromatic heterocycles. The fourth-order valence-electron chi connectivity index (χ4n) is 1.84. The largest absolute Gasteiger partial charge is 0.462 e. The lowest BCUT2D eigenvalue weighted by molar-refractivity contribution is 0.0524. The zero-order valence-corrected chi connectivity index (χ0v) is 12.7. The maximum absolute atomic E-state index is 11.8. The first-order valence-corrected chi connectivity index (χ1v) is 7.44. The third kappa shape index (κ3) is 3.39. The molecular formula is C14H17N3O2S. The van der Waals surface area contributed by atoms with Crippen LogP contribution >= 0.6 is 11.3 Å². The van der Waals surface area contributed by atoms with E-state index in [9.17, 15) is 4.79 Å². The maximum atomic E-state index is 11.8. The minimum absolute atomic E-state index is 0.349. The number of hydrogen-bond acceptors (Lipinski definition) is 6. The van der Waals surface area contributed by atoms with Crippen LogP contribution in [0.25, 0.3) is 0 Å². The highest BCUT2D eigenvalue weighted by molar-refractivity contribution is 7.09. The number of carbonyl (C=O) groups is 1. The number of carbonyl (C=O) groups excluding carboxylic acids is 1. The molecule has 106 valence electrons. The SMILES string of the molecule is CCOC(=O)c1cnc(Cc2csc(C)n2)nc1CC. The summed E-state index contributed by atoms with van der Waals surface area (Å²) in [6.07, 6.45) is 2.80. The summed E-state index contributed by atoms with van der Waals surface area (Å²) in [7, 11) is 0. The first kappa shape index (κ1) is 14.6. The van der Waals surface area contributed by atoms with E-state index in [4.69, 9.17) is 4.74 Å². The Hall–Kier alpha value is -1.82. The van der Waals surface area contributed by atoms with Crippen molar-refractivity contribution >= 4 is 17.3 Å². The van der Waals surface area contributed by atoms with E-state index in [1.807, 2.05) is 19.2 Å². The van der Waals surface area contributed by atoms with Crippen molar-refractivity contribution in [3.8, 4) is 0 Å². The monoisotopic (exact) mass is 291 g/mol. The van der Waals surface area contributed by atoms with Gasteiger partial charge in [-0.2, -0.15) is 0 Å². The van der Waals surface area contributed by atoms with E-state index in [-0.39, 0.29) is 5.97 Å². The van der Waals surface area contributed by atoms with Crippen LogP contribution < -0.4 is 0 Å². The van der Waals surface area contributed by atoms with E-state index >= 15 is 0 Å². The highest BCUT2D eigenvalue weighted by Gasteiger charge is 2.15. The number of aryl methyl sites for hydroxylation is 2. The molecule has 6 heteroatoms. The smallest absolute Gasteiger partial charge is 0.341 e. The summed E-state index contributed by atoms with van der Waals surface area (Å²) in [5.74, 6) is 0.320. The highest BCUT2D eigenvalue weighted by Crippen LogP contribution is 2.13. The molecule has 0 N–H and O–H groups in total. The third-order valence-corrected chi connectivity index (χ3v) is 3.58. The third-order valence-electron chi connectivity index (χ3n) is 2.75. The summed E-state index contributed by atoms with van der Waals surface area (Å²) in [5.41, 5.74) is 2.13. The Labute approximate surface area is 122 Å². The molecule has 0 bridgehead atoms. The Kier molecular flexibility index (Phi) is 4.79. The number of ether oxygens (including phenoxy) is 1. The summed E-state index contributed by atoms with van der Waals surface area (Å²) in [6, 6.07) is 0.